The predicted octanol–water partition coefficient (Wildman–Crippen LogP) is 3.65. The van der Waals surface area contributed by atoms with Crippen LogP contribution in [0.3, 0.4) is 0 Å². The molecule has 2 heteroatoms. The second-order valence-corrected chi connectivity index (χ2v) is 4.99. The largest absolute Gasteiger partial charge is 0.393 e. The van der Waals surface area contributed by atoms with Gasteiger partial charge in [-0.1, -0.05) is 51.9 Å². The zero-order valence-electron chi connectivity index (χ0n) is 11.1. The molecule has 0 bridgehead atoms. The van der Waals surface area contributed by atoms with E-state index >= 15 is 0 Å². The van der Waals surface area contributed by atoms with E-state index in [1.165, 1.54) is 38.5 Å². The summed E-state index contributed by atoms with van der Waals surface area (Å²) in [5.74, 6) is 0. The molecule has 2 nitrogen and oxygen atoms in total. The number of aliphatic hydroxyl groups excluding tert-OH is 2. The van der Waals surface area contributed by atoms with Crippen LogP contribution in [0, 0.1) is 0 Å². The lowest BCUT2D eigenvalue weighted by atomic mass is 10.0. The van der Waals surface area contributed by atoms with Crippen molar-refractivity contribution in [2.24, 2.45) is 0 Å². The maximum atomic E-state index is 9.63. The molecular formula is C14H30O2. The number of unbranched alkanes of at least 4 members (excludes halogenated alkanes) is 6. The van der Waals surface area contributed by atoms with Crippen LogP contribution >= 0.6 is 0 Å². The molecule has 0 spiro atoms. The van der Waals surface area contributed by atoms with Crippen LogP contribution < -0.4 is 0 Å². The van der Waals surface area contributed by atoms with Gasteiger partial charge in [0.1, 0.15) is 0 Å². The second-order valence-electron chi connectivity index (χ2n) is 4.99. The highest BCUT2D eigenvalue weighted by atomic mass is 16.3. The van der Waals surface area contributed by atoms with Crippen LogP contribution in [-0.2, 0) is 0 Å². The minimum Gasteiger partial charge on any atom is -0.393 e. The first kappa shape index (κ1) is 15.9. The van der Waals surface area contributed by atoms with Crippen LogP contribution in [0.4, 0.5) is 0 Å². The summed E-state index contributed by atoms with van der Waals surface area (Å²) in [6, 6.07) is 0. The Hall–Kier alpha value is -0.0800. The van der Waals surface area contributed by atoms with Gasteiger partial charge in [0.2, 0.25) is 0 Å². The van der Waals surface area contributed by atoms with Gasteiger partial charge in [-0.2, -0.15) is 0 Å². The summed E-state index contributed by atoms with van der Waals surface area (Å²) in [5, 5.41) is 18.7. The number of aliphatic hydroxyl groups is 2. The minimum absolute atomic E-state index is 0.203. The molecule has 0 aliphatic heterocycles. The predicted molar refractivity (Wildman–Crippen MR) is 69.5 cm³/mol. The van der Waals surface area contributed by atoms with Gasteiger partial charge >= 0.3 is 0 Å². The van der Waals surface area contributed by atoms with Crippen molar-refractivity contribution in [2.75, 3.05) is 0 Å². The maximum Gasteiger partial charge on any atom is 0.0541 e. The lowest BCUT2D eigenvalue weighted by molar-refractivity contribution is 0.114. The van der Waals surface area contributed by atoms with E-state index in [0.29, 0.717) is 0 Å². The average molecular weight is 230 g/mol. The van der Waals surface area contributed by atoms with Crippen LogP contribution in [-0.4, -0.2) is 22.4 Å². The van der Waals surface area contributed by atoms with Crippen molar-refractivity contribution >= 4 is 0 Å². The fraction of sp³-hybridized carbons (Fsp3) is 1.00. The molecule has 0 fully saturated rings. The Balaban J connectivity index is 3.12. The first-order valence-corrected chi connectivity index (χ1v) is 7.03. The molecule has 16 heavy (non-hydrogen) atoms. The molecule has 0 rings (SSSR count). The number of hydrogen-bond donors (Lipinski definition) is 2. The van der Waals surface area contributed by atoms with Crippen LogP contribution in [0.25, 0.3) is 0 Å². The SMILES string of the molecule is CCCCCCCCCC(O)CCC(C)O. The lowest BCUT2D eigenvalue weighted by Crippen LogP contribution is -2.10. The summed E-state index contributed by atoms with van der Waals surface area (Å²) in [4.78, 5) is 0. The normalized spacial score (nSPS) is 15.0. The summed E-state index contributed by atoms with van der Waals surface area (Å²) in [6.07, 6.45) is 10.9. The van der Waals surface area contributed by atoms with Crippen molar-refractivity contribution < 1.29 is 10.2 Å². The molecule has 0 saturated heterocycles. The van der Waals surface area contributed by atoms with E-state index in [9.17, 15) is 5.11 Å². The van der Waals surface area contributed by atoms with Crippen molar-refractivity contribution in [2.45, 2.75) is 90.3 Å². The van der Waals surface area contributed by atoms with Crippen molar-refractivity contribution in [3.63, 3.8) is 0 Å². The van der Waals surface area contributed by atoms with Crippen molar-refractivity contribution in [1.82, 2.24) is 0 Å². The van der Waals surface area contributed by atoms with Gasteiger partial charge in [0, 0.05) is 0 Å². The van der Waals surface area contributed by atoms with E-state index < -0.39 is 0 Å². The topological polar surface area (TPSA) is 40.5 Å². The van der Waals surface area contributed by atoms with E-state index in [1.54, 1.807) is 6.92 Å². The van der Waals surface area contributed by atoms with Crippen LogP contribution in [0.2, 0.25) is 0 Å². The molecule has 0 heterocycles. The number of rotatable bonds is 11. The second kappa shape index (κ2) is 11.4. The van der Waals surface area contributed by atoms with Crippen molar-refractivity contribution in [3.8, 4) is 0 Å². The highest BCUT2D eigenvalue weighted by Gasteiger charge is 2.05. The summed E-state index contributed by atoms with van der Waals surface area (Å²) in [5.41, 5.74) is 0. The van der Waals surface area contributed by atoms with Crippen molar-refractivity contribution in [1.29, 1.82) is 0 Å². The Bertz CT molecular complexity index is 135. The third-order valence-electron chi connectivity index (χ3n) is 3.06. The van der Waals surface area contributed by atoms with Crippen molar-refractivity contribution in [3.05, 3.63) is 0 Å². The Kier molecular flexibility index (Phi) is 11.3. The smallest absolute Gasteiger partial charge is 0.0541 e. The monoisotopic (exact) mass is 230 g/mol. The Labute approximate surface area is 101 Å². The summed E-state index contributed by atoms with van der Waals surface area (Å²) < 4.78 is 0. The molecule has 0 aliphatic rings. The lowest BCUT2D eigenvalue weighted by Gasteiger charge is -2.11. The molecule has 0 aliphatic carbocycles. The van der Waals surface area contributed by atoms with E-state index in [0.717, 1.165) is 25.7 Å². The van der Waals surface area contributed by atoms with Gasteiger partial charge in [-0.3, -0.25) is 0 Å². The average Bonchev–Trinajstić information content (AvgIpc) is 2.25. The molecule has 0 aromatic carbocycles. The highest BCUT2D eigenvalue weighted by Crippen LogP contribution is 2.12. The molecular weight excluding hydrogens is 200 g/mol. The Morgan fingerprint density at radius 1 is 0.750 bits per heavy atom. The zero-order chi connectivity index (χ0) is 12.2. The molecule has 2 N–H and O–H groups in total. The van der Waals surface area contributed by atoms with Gasteiger partial charge in [-0.05, 0) is 26.2 Å². The van der Waals surface area contributed by atoms with Crippen LogP contribution in [0.5, 0.6) is 0 Å². The van der Waals surface area contributed by atoms with Crippen LogP contribution in [0.15, 0.2) is 0 Å². The molecule has 0 saturated carbocycles. The summed E-state index contributed by atoms with van der Waals surface area (Å²) >= 11 is 0. The van der Waals surface area contributed by atoms with Gasteiger partial charge in [0.05, 0.1) is 12.2 Å². The van der Waals surface area contributed by atoms with Gasteiger partial charge in [0.15, 0.2) is 0 Å². The minimum atomic E-state index is -0.274. The summed E-state index contributed by atoms with van der Waals surface area (Å²) in [7, 11) is 0. The van der Waals surface area contributed by atoms with E-state index in [2.05, 4.69) is 6.92 Å². The molecule has 2 unspecified atom stereocenters. The van der Waals surface area contributed by atoms with Gasteiger partial charge in [0.25, 0.3) is 0 Å². The first-order chi connectivity index (χ1) is 7.66. The van der Waals surface area contributed by atoms with Crippen LogP contribution in [0.1, 0.15) is 78.1 Å². The molecule has 0 radical (unpaired) electrons. The maximum absolute atomic E-state index is 9.63. The molecule has 0 amide bonds. The van der Waals surface area contributed by atoms with Gasteiger partial charge < -0.3 is 10.2 Å². The highest BCUT2D eigenvalue weighted by molar-refractivity contribution is 4.59. The fourth-order valence-electron chi connectivity index (χ4n) is 1.91. The molecule has 98 valence electrons. The quantitative estimate of drug-likeness (QED) is 0.532. The number of hydrogen-bond acceptors (Lipinski definition) is 2. The fourth-order valence-corrected chi connectivity index (χ4v) is 1.91. The van der Waals surface area contributed by atoms with E-state index in [-0.39, 0.29) is 12.2 Å². The van der Waals surface area contributed by atoms with E-state index in [1.807, 2.05) is 0 Å². The Morgan fingerprint density at radius 3 is 1.88 bits per heavy atom. The summed E-state index contributed by atoms with van der Waals surface area (Å²) in [6.45, 7) is 4.01. The molecule has 2 atom stereocenters. The standard InChI is InChI=1S/C14H30O2/c1-3-4-5-6-7-8-9-10-14(16)12-11-13(2)15/h13-16H,3-12H2,1-2H3. The molecule has 0 aromatic rings. The Morgan fingerprint density at radius 2 is 1.31 bits per heavy atom. The van der Waals surface area contributed by atoms with E-state index in [4.69, 9.17) is 5.11 Å². The van der Waals surface area contributed by atoms with Gasteiger partial charge in [-0.25, -0.2) is 0 Å². The third kappa shape index (κ3) is 12.0. The molecule has 0 aromatic heterocycles. The third-order valence-corrected chi connectivity index (χ3v) is 3.06. The first-order valence-electron chi connectivity index (χ1n) is 7.03. The zero-order valence-corrected chi connectivity index (χ0v) is 11.1. The van der Waals surface area contributed by atoms with Gasteiger partial charge in [-0.15, -0.1) is 0 Å².